The summed E-state index contributed by atoms with van der Waals surface area (Å²) in [5.41, 5.74) is 7.74. The first-order valence-corrected chi connectivity index (χ1v) is 19.0. The maximum atomic E-state index is 13.4. The zero-order chi connectivity index (χ0) is 32.9. The van der Waals surface area contributed by atoms with Crippen LogP contribution in [0.2, 0.25) is 5.02 Å². The summed E-state index contributed by atoms with van der Waals surface area (Å²) in [7, 11) is 0. The lowest BCUT2D eigenvalue weighted by Crippen LogP contribution is -2.45. The van der Waals surface area contributed by atoms with Gasteiger partial charge in [0.1, 0.15) is 11.6 Å². The summed E-state index contributed by atoms with van der Waals surface area (Å²) in [4.78, 5) is 33.0. The van der Waals surface area contributed by atoms with Gasteiger partial charge in [-0.15, -0.1) is 0 Å². The third-order valence-corrected chi connectivity index (χ3v) is 13.7. The average Bonchev–Trinajstić information content (AvgIpc) is 3.77. The molecule has 8 heteroatoms. The molecule has 5 heterocycles. The number of rotatable bonds is 3. The Balaban J connectivity index is 0.850. The molecule has 252 valence electrons. The van der Waals surface area contributed by atoms with E-state index in [9.17, 15) is 9.59 Å². The monoisotopic (exact) mass is 674 g/mol. The number of likely N-dealkylation sites (tertiary alicyclic amines) is 1. The van der Waals surface area contributed by atoms with E-state index in [0.717, 1.165) is 92.4 Å². The zero-order valence-corrected chi connectivity index (χ0v) is 28.8. The third-order valence-electron chi connectivity index (χ3n) is 13.4. The minimum atomic E-state index is -0.202. The number of halogens is 1. The second-order valence-electron chi connectivity index (χ2n) is 15.9. The van der Waals surface area contributed by atoms with Crippen LogP contribution in [0.25, 0.3) is 16.6 Å². The van der Waals surface area contributed by atoms with E-state index >= 15 is 0 Å². The van der Waals surface area contributed by atoms with Gasteiger partial charge in [-0.3, -0.25) is 14.2 Å². The maximum absolute atomic E-state index is 13.4. The quantitative estimate of drug-likeness (QED) is 0.243. The number of benzene rings is 3. The summed E-state index contributed by atoms with van der Waals surface area (Å²) in [6.45, 7) is 4.74. The van der Waals surface area contributed by atoms with Crippen molar-refractivity contribution in [1.82, 2.24) is 19.8 Å². The van der Waals surface area contributed by atoms with Gasteiger partial charge in [-0.25, -0.2) is 0 Å². The van der Waals surface area contributed by atoms with Gasteiger partial charge in [0.25, 0.3) is 11.5 Å². The molecule has 3 aromatic carbocycles. The lowest BCUT2D eigenvalue weighted by atomic mass is 9.69. The fraction of sp³-hybridized carbons (Fsp3) is 0.488. The van der Waals surface area contributed by atoms with Crippen LogP contribution >= 0.6 is 11.6 Å². The van der Waals surface area contributed by atoms with Gasteiger partial charge in [0.2, 0.25) is 0 Å². The van der Waals surface area contributed by atoms with Crippen molar-refractivity contribution in [3.05, 3.63) is 97.5 Å². The molecular weight excluding hydrogens is 632 g/mol. The predicted molar refractivity (Wildman–Crippen MR) is 191 cm³/mol. The van der Waals surface area contributed by atoms with Crippen molar-refractivity contribution in [2.45, 2.75) is 93.9 Å². The van der Waals surface area contributed by atoms with E-state index in [4.69, 9.17) is 21.3 Å². The molecule has 0 radical (unpaired) electrons. The van der Waals surface area contributed by atoms with Gasteiger partial charge in [-0.1, -0.05) is 55.1 Å². The predicted octanol–water partition coefficient (Wildman–Crippen LogP) is 7.55. The topological polar surface area (TPSA) is 76.5 Å². The summed E-state index contributed by atoms with van der Waals surface area (Å²) in [5.74, 6) is 3.21. The van der Waals surface area contributed by atoms with Crippen molar-refractivity contribution in [3.8, 4) is 11.4 Å². The van der Waals surface area contributed by atoms with Gasteiger partial charge >= 0.3 is 0 Å². The van der Waals surface area contributed by atoms with Gasteiger partial charge in [0, 0.05) is 35.2 Å². The Morgan fingerprint density at radius 2 is 1.71 bits per heavy atom. The molecule has 2 saturated carbocycles. The highest BCUT2D eigenvalue weighted by molar-refractivity contribution is 6.35. The van der Waals surface area contributed by atoms with E-state index < -0.39 is 0 Å². The van der Waals surface area contributed by atoms with Crippen molar-refractivity contribution in [2.75, 3.05) is 26.2 Å². The Kier molecular flexibility index (Phi) is 6.87. The number of amides is 1. The standard InChI is InChI=1S/C41H43ClN4O3/c42-32-5-4-6-33-35(32)38(48)44-39-41(15-2-1-3-16-41)30-13-11-27(21-34(30)46(33)39)26-9-7-25(8-10-26)23-45-19-17-40(18-20-45)24-49-36-29-22-43-37(47)28(29)12-14-31(36)40/h4-6,11-14,21,25-26H,1-3,7-10,15-20,22-24H2,(H,43,47). The van der Waals surface area contributed by atoms with Crippen molar-refractivity contribution in [2.24, 2.45) is 5.92 Å². The van der Waals surface area contributed by atoms with Gasteiger partial charge in [0.15, 0.2) is 0 Å². The molecule has 0 bridgehead atoms. The van der Waals surface area contributed by atoms with Crippen LogP contribution in [0.15, 0.2) is 53.3 Å². The molecule has 0 unspecified atom stereocenters. The number of carbonyl (C=O) groups excluding carboxylic acids is 1. The summed E-state index contributed by atoms with van der Waals surface area (Å²) < 4.78 is 8.59. The zero-order valence-electron chi connectivity index (χ0n) is 28.0. The smallest absolute Gasteiger partial charge is 0.282 e. The van der Waals surface area contributed by atoms with E-state index in [1.54, 1.807) is 6.07 Å². The molecule has 1 amide bonds. The molecule has 1 saturated heterocycles. The molecule has 10 rings (SSSR count). The van der Waals surface area contributed by atoms with Crippen LogP contribution in [-0.4, -0.2) is 46.6 Å². The SMILES string of the molecule is O=C1NCc2c1ccc1c2OCC12CCN(CC1CCC(c3ccc4c(c3)-n3c(nc(=O)c5c(Cl)cccc53)C43CCCCC3)CC1)CC2. The second-order valence-corrected chi connectivity index (χ2v) is 16.3. The molecule has 4 aromatic rings. The minimum Gasteiger partial charge on any atom is -0.492 e. The molecule has 2 spiro atoms. The molecule has 4 aliphatic heterocycles. The largest absolute Gasteiger partial charge is 0.492 e. The Hall–Kier alpha value is -3.68. The van der Waals surface area contributed by atoms with E-state index in [1.165, 1.54) is 61.0 Å². The minimum absolute atomic E-state index is 0.0234. The number of hydrogen-bond donors (Lipinski definition) is 1. The van der Waals surface area contributed by atoms with Crippen LogP contribution in [0, 0.1) is 5.92 Å². The number of aromatic nitrogens is 2. The van der Waals surface area contributed by atoms with Crippen molar-refractivity contribution in [1.29, 1.82) is 0 Å². The van der Waals surface area contributed by atoms with E-state index in [0.29, 0.717) is 22.9 Å². The van der Waals surface area contributed by atoms with Gasteiger partial charge < -0.3 is 15.0 Å². The van der Waals surface area contributed by atoms with Crippen LogP contribution < -0.4 is 15.6 Å². The van der Waals surface area contributed by atoms with Crippen molar-refractivity contribution in [3.63, 3.8) is 0 Å². The Labute approximate surface area is 292 Å². The van der Waals surface area contributed by atoms with E-state index in [-0.39, 0.29) is 22.3 Å². The van der Waals surface area contributed by atoms with Crippen LogP contribution in [0.4, 0.5) is 0 Å². The highest BCUT2D eigenvalue weighted by Crippen LogP contribution is 2.53. The van der Waals surface area contributed by atoms with E-state index in [1.807, 2.05) is 18.2 Å². The number of ether oxygens (including phenoxy) is 1. The van der Waals surface area contributed by atoms with Gasteiger partial charge in [-0.2, -0.15) is 4.98 Å². The number of nitrogens with one attached hydrogen (secondary N) is 1. The maximum Gasteiger partial charge on any atom is 0.282 e. The second kappa shape index (κ2) is 11.2. The Bertz CT molecular complexity index is 2080. The molecular formula is C41H43ClN4O3. The first kappa shape index (κ1) is 30.2. The number of hydrogen-bond acceptors (Lipinski definition) is 5. The van der Waals surface area contributed by atoms with Crippen LogP contribution in [-0.2, 0) is 17.4 Å². The van der Waals surface area contributed by atoms with Crippen LogP contribution in [0.1, 0.15) is 115 Å². The van der Waals surface area contributed by atoms with E-state index in [2.05, 4.69) is 39.0 Å². The van der Waals surface area contributed by atoms with Crippen LogP contribution in [0.5, 0.6) is 5.75 Å². The number of nitrogens with zero attached hydrogens (tertiary/aromatic N) is 3. The summed E-state index contributed by atoms with van der Waals surface area (Å²) in [6, 6.07) is 17.2. The first-order chi connectivity index (χ1) is 23.9. The summed E-state index contributed by atoms with van der Waals surface area (Å²) >= 11 is 6.60. The normalized spacial score (nSPS) is 24.8. The molecule has 7 nitrogen and oxygen atoms in total. The molecule has 6 aliphatic rings. The average molecular weight is 675 g/mol. The highest BCUT2D eigenvalue weighted by atomic mass is 35.5. The molecule has 1 aromatic heterocycles. The van der Waals surface area contributed by atoms with Crippen molar-refractivity contribution >= 4 is 28.4 Å². The first-order valence-electron chi connectivity index (χ1n) is 18.6. The molecule has 3 fully saturated rings. The van der Waals surface area contributed by atoms with Crippen molar-refractivity contribution < 1.29 is 9.53 Å². The van der Waals surface area contributed by atoms with Crippen LogP contribution in [0.3, 0.4) is 0 Å². The summed E-state index contributed by atoms with van der Waals surface area (Å²) in [5, 5.41) is 3.98. The molecule has 2 aliphatic carbocycles. The summed E-state index contributed by atoms with van der Waals surface area (Å²) in [6.07, 6.45) is 12.8. The molecule has 0 atom stereocenters. The Morgan fingerprint density at radius 1 is 0.918 bits per heavy atom. The molecule has 49 heavy (non-hydrogen) atoms. The lowest BCUT2D eigenvalue weighted by Gasteiger charge is -2.41. The molecule has 1 N–H and O–H groups in total. The number of piperidine rings is 1. The number of carbonyl (C=O) groups is 1. The van der Waals surface area contributed by atoms with Gasteiger partial charge in [0.05, 0.1) is 33.6 Å². The highest BCUT2D eigenvalue weighted by Gasteiger charge is 2.48. The van der Waals surface area contributed by atoms with Gasteiger partial charge in [-0.05, 0) is 112 Å². The fourth-order valence-corrected chi connectivity index (χ4v) is 11.0. The number of fused-ring (bicyclic) bond motifs is 11. The lowest BCUT2D eigenvalue weighted by molar-refractivity contribution is 0.0965. The third kappa shape index (κ3) is 4.47. The fourth-order valence-electron chi connectivity index (χ4n) is 10.7. The Morgan fingerprint density at radius 3 is 2.53 bits per heavy atom.